The lowest BCUT2D eigenvalue weighted by Gasteiger charge is -2.18. The van der Waals surface area contributed by atoms with E-state index < -0.39 is 19.6 Å². The molecule has 0 radical (unpaired) electrons. The van der Waals surface area contributed by atoms with Crippen LogP contribution >= 0.6 is 15.9 Å². The molecule has 0 saturated carbocycles. The van der Waals surface area contributed by atoms with Crippen molar-refractivity contribution in [2.75, 3.05) is 6.26 Å². The van der Waals surface area contributed by atoms with Crippen LogP contribution in [0.1, 0.15) is 12.8 Å². The molecule has 0 saturated heterocycles. The second-order valence-corrected chi connectivity index (χ2v) is 6.66. The van der Waals surface area contributed by atoms with Crippen LogP contribution in [0.25, 0.3) is 0 Å². The fourth-order valence-electron chi connectivity index (χ4n) is 0.463. The number of rotatable bonds is 4. The first-order chi connectivity index (χ1) is 5.17. The Morgan fingerprint density at radius 2 is 2.08 bits per heavy atom. The summed E-state index contributed by atoms with van der Waals surface area (Å²) in [5.74, 6) is -1.08. The Morgan fingerprint density at radius 3 is 2.33 bits per heavy atom. The van der Waals surface area contributed by atoms with Gasteiger partial charge in [0.1, 0.15) is 0 Å². The van der Waals surface area contributed by atoms with Crippen LogP contribution in [0.3, 0.4) is 0 Å². The Hall–Kier alpha value is -0.140. The number of carboxylic acids is 1. The molecule has 72 valence electrons. The Kier molecular flexibility index (Phi) is 3.67. The number of alkyl halides is 1. The van der Waals surface area contributed by atoms with E-state index in [9.17, 15) is 13.2 Å². The van der Waals surface area contributed by atoms with Crippen LogP contribution < -0.4 is 5.73 Å². The highest BCUT2D eigenvalue weighted by atomic mass is 79.9. The molecule has 1 unspecified atom stereocenters. The molecule has 12 heavy (non-hydrogen) atoms. The predicted molar refractivity (Wildman–Crippen MR) is 47.6 cm³/mol. The number of sulfone groups is 1. The maximum absolute atomic E-state index is 10.9. The minimum atomic E-state index is -3.47. The molecule has 0 aliphatic rings. The third-order valence-corrected chi connectivity index (χ3v) is 4.89. The van der Waals surface area contributed by atoms with Gasteiger partial charge < -0.3 is 10.8 Å². The van der Waals surface area contributed by atoms with Gasteiger partial charge in [0.15, 0.2) is 13.6 Å². The highest BCUT2D eigenvalue weighted by Crippen LogP contribution is 2.23. The largest absolute Gasteiger partial charge is 0.481 e. The lowest BCUT2D eigenvalue weighted by molar-refractivity contribution is -0.137. The second kappa shape index (κ2) is 3.71. The molecule has 0 bridgehead atoms. The van der Waals surface area contributed by atoms with E-state index in [1.54, 1.807) is 0 Å². The van der Waals surface area contributed by atoms with Gasteiger partial charge in [-0.25, -0.2) is 8.42 Å². The van der Waals surface area contributed by atoms with Gasteiger partial charge in [0.05, 0.1) is 0 Å². The summed E-state index contributed by atoms with van der Waals surface area (Å²) in [7, 11) is -3.47. The van der Waals surface area contributed by atoms with Gasteiger partial charge in [-0.2, -0.15) is 0 Å². The molecule has 7 heteroatoms. The summed E-state index contributed by atoms with van der Waals surface area (Å²) < 4.78 is 20.2. The number of aliphatic carboxylic acids is 1. The molecule has 0 aromatic heterocycles. The molecule has 0 heterocycles. The summed E-state index contributed by atoms with van der Waals surface area (Å²) in [5.41, 5.74) is 5.31. The predicted octanol–water partition coefficient (Wildman–Crippen LogP) is -0.0968. The highest BCUT2D eigenvalue weighted by molar-refractivity contribution is 9.11. The summed E-state index contributed by atoms with van der Waals surface area (Å²) in [6.45, 7) is 0. The smallest absolute Gasteiger partial charge is 0.303 e. The molecule has 0 rings (SSSR count). The van der Waals surface area contributed by atoms with Crippen molar-refractivity contribution < 1.29 is 18.3 Å². The Balaban J connectivity index is 4.35. The van der Waals surface area contributed by atoms with Crippen LogP contribution in [0.5, 0.6) is 0 Å². The monoisotopic (exact) mass is 259 g/mol. The number of halogens is 1. The molecule has 5 nitrogen and oxygen atoms in total. The van der Waals surface area contributed by atoms with Crippen molar-refractivity contribution in [3.05, 3.63) is 0 Å². The Morgan fingerprint density at radius 1 is 1.67 bits per heavy atom. The van der Waals surface area contributed by atoms with Gasteiger partial charge in [-0.05, 0) is 0 Å². The normalized spacial score (nSPS) is 16.9. The molecular formula is C5H10BrNO4S. The molecule has 3 N–H and O–H groups in total. The minimum absolute atomic E-state index is 0.152. The second-order valence-electron chi connectivity index (χ2n) is 2.45. The van der Waals surface area contributed by atoms with Crippen LogP contribution in [0.2, 0.25) is 0 Å². The molecule has 0 fully saturated rings. The van der Waals surface area contributed by atoms with Gasteiger partial charge in [0.25, 0.3) is 0 Å². The molecule has 0 spiro atoms. The summed E-state index contributed by atoms with van der Waals surface area (Å²) in [6, 6.07) is 0. The van der Waals surface area contributed by atoms with Gasteiger partial charge in [-0.3, -0.25) is 4.79 Å². The quantitative estimate of drug-likeness (QED) is 0.543. The third kappa shape index (κ3) is 3.51. The summed E-state index contributed by atoms with van der Waals surface area (Å²) in [5, 5.41) is 8.27. The lowest BCUT2D eigenvalue weighted by Crippen LogP contribution is -2.41. The number of carboxylic acid groups (broad SMARTS) is 1. The topological polar surface area (TPSA) is 97.5 Å². The minimum Gasteiger partial charge on any atom is -0.481 e. The van der Waals surface area contributed by atoms with E-state index in [-0.39, 0.29) is 12.8 Å². The number of hydrogen-bond donors (Lipinski definition) is 2. The maximum atomic E-state index is 10.9. The third-order valence-electron chi connectivity index (χ3n) is 1.30. The first-order valence-electron chi connectivity index (χ1n) is 3.06. The SMILES string of the molecule is CS(=O)(=O)C(N)(Br)CCC(=O)O. The summed E-state index contributed by atoms with van der Waals surface area (Å²) in [4.78, 5) is 10.1. The van der Waals surface area contributed by atoms with E-state index in [4.69, 9.17) is 10.8 Å². The summed E-state index contributed by atoms with van der Waals surface area (Å²) in [6.07, 6.45) is 0.513. The van der Waals surface area contributed by atoms with Crippen molar-refractivity contribution in [2.45, 2.75) is 16.6 Å². The van der Waals surface area contributed by atoms with Crippen LogP contribution in [0.15, 0.2) is 0 Å². The molecule has 1 atom stereocenters. The van der Waals surface area contributed by atoms with E-state index in [2.05, 4.69) is 15.9 Å². The average Bonchev–Trinajstić information content (AvgIpc) is 1.81. The molecule has 0 aromatic rings. The van der Waals surface area contributed by atoms with Crippen molar-refractivity contribution in [1.82, 2.24) is 0 Å². The molecule has 0 aromatic carbocycles. The van der Waals surface area contributed by atoms with Gasteiger partial charge in [0, 0.05) is 19.1 Å². The van der Waals surface area contributed by atoms with E-state index in [1.165, 1.54) is 0 Å². The fourth-order valence-corrected chi connectivity index (χ4v) is 1.13. The number of nitrogens with two attached hydrogens (primary N) is 1. The molecule has 0 aliphatic heterocycles. The van der Waals surface area contributed by atoms with Crippen molar-refractivity contribution in [2.24, 2.45) is 5.73 Å². The van der Waals surface area contributed by atoms with Crippen molar-refractivity contribution in [1.29, 1.82) is 0 Å². The van der Waals surface area contributed by atoms with Gasteiger partial charge in [-0.1, -0.05) is 15.9 Å². The average molecular weight is 260 g/mol. The zero-order valence-corrected chi connectivity index (χ0v) is 8.85. The van der Waals surface area contributed by atoms with Gasteiger partial charge >= 0.3 is 5.97 Å². The van der Waals surface area contributed by atoms with Crippen LogP contribution in [0.4, 0.5) is 0 Å². The Labute approximate surface area is 79.0 Å². The van der Waals surface area contributed by atoms with Crippen LogP contribution in [-0.4, -0.2) is 29.5 Å². The van der Waals surface area contributed by atoms with E-state index >= 15 is 0 Å². The molecular weight excluding hydrogens is 250 g/mol. The van der Waals surface area contributed by atoms with Crippen molar-refractivity contribution >= 4 is 31.7 Å². The van der Waals surface area contributed by atoms with Gasteiger partial charge in [0.2, 0.25) is 0 Å². The molecule has 0 amide bonds. The zero-order chi connectivity index (χ0) is 9.99. The number of hydrogen-bond acceptors (Lipinski definition) is 4. The molecule has 0 aliphatic carbocycles. The lowest BCUT2D eigenvalue weighted by atomic mass is 10.3. The van der Waals surface area contributed by atoms with Crippen molar-refractivity contribution in [3.8, 4) is 0 Å². The first-order valence-corrected chi connectivity index (χ1v) is 5.74. The zero-order valence-electron chi connectivity index (χ0n) is 6.45. The van der Waals surface area contributed by atoms with Crippen LogP contribution in [0, 0.1) is 0 Å². The Bertz CT molecular complexity index is 271. The summed E-state index contributed by atoms with van der Waals surface area (Å²) >= 11 is 2.76. The van der Waals surface area contributed by atoms with Crippen molar-refractivity contribution in [3.63, 3.8) is 0 Å². The van der Waals surface area contributed by atoms with E-state index in [0.717, 1.165) is 6.26 Å². The van der Waals surface area contributed by atoms with Crippen LogP contribution in [-0.2, 0) is 14.6 Å². The fraction of sp³-hybridized carbons (Fsp3) is 0.800. The maximum Gasteiger partial charge on any atom is 0.303 e. The standard InChI is InChI=1S/C5H10BrNO4S/c1-12(10,11)5(6,7)3-2-4(8)9/h2-3,7H2,1H3,(H,8,9). The van der Waals surface area contributed by atoms with E-state index in [1.807, 2.05) is 0 Å². The first kappa shape index (κ1) is 11.9. The number of carbonyl (C=O) groups is 1. The van der Waals surface area contributed by atoms with E-state index in [0.29, 0.717) is 0 Å². The highest BCUT2D eigenvalue weighted by Gasteiger charge is 2.33. The van der Waals surface area contributed by atoms with Gasteiger partial charge in [-0.15, -0.1) is 0 Å².